The Morgan fingerprint density at radius 1 is 1.37 bits per heavy atom. The molecule has 1 aliphatic rings. The molecule has 0 saturated heterocycles. The third-order valence-corrected chi connectivity index (χ3v) is 4.02. The van der Waals surface area contributed by atoms with Crippen molar-refractivity contribution in [3.8, 4) is 11.1 Å². The molecule has 1 aliphatic carbocycles. The number of nitrogens with zero attached hydrogens (tertiary/aromatic N) is 2. The molecule has 3 nitrogen and oxygen atoms in total. The Morgan fingerprint density at radius 3 is 2.68 bits per heavy atom. The van der Waals surface area contributed by atoms with Crippen LogP contribution in [0.5, 0.6) is 0 Å². The van der Waals surface area contributed by atoms with Gasteiger partial charge in [-0.2, -0.15) is 5.10 Å². The molecule has 1 atom stereocenters. The van der Waals surface area contributed by atoms with Crippen LogP contribution in [-0.4, -0.2) is 9.78 Å². The van der Waals surface area contributed by atoms with Crippen molar-refractivity contribution in [1.29, 1.82) is 0 Å². The first-order valence-electron chi connectivity index (χ1n) is 6.67. The summed E-state index contributed by atoms with van der Waals surface area (Å²) in [5.74, 6) is 1.29. The molecule has 1 heterocycles. The molecule has 0 bridgehead atoms. The van der Waals surface area contributed by atoms with Crippen LogP contribution in [-0.2, 0) is 7.05 Å². The van der Waals surface area contributed by atoms with E-state index in [1.807, 2.05) is 13.1 Å². The van der Waals surface area contributed by atoms with E-state index in [4.69, 9.17) is 5.73 Å². The van der Waals surface area contributed by atoms with Gasteiger partial charge < -0.3 is 5.73 Å². The molecule has 1 unspecified atom stereocenters. The van der Waals surface area contributed by atoms with E-state index >= 15 is 0 Å². The topological polar surface area (TPSA) is 43.8 Å². The van der Waals surface area contributed by atoms with Gasteiger partial charge in [-0.1, -0.05) is 25.1 Å². The lowest BCUT2D eigenvalue weighted by Gasteiger charge is -2.10. The van der Waals surface area contributed by atoms with Gasteiger partial charge in [-0.05, 0) is 24.8 Å². The fourth-order valence-electron chi connectivity index (χ4n) is 2.64. The Labute approximate surface area is 112 Å². The molecule has 1 saturated carbocycles. The summed E-state index contributed by atoms with van der Waals surface area (Å²) in [6, 6.07) is 6.75. The van der Waals surface area contributed by atoms with Gasteiger partial charge in [-0.15, -0.1) is 0 Å². The minimum atomic E-state index is -0.244. The van der Waals surface area contributed by atoms with Gasteiger partial charge in [0.2, 0.25) is 0 Å². The summed E-state index contributed by atoms with van der Waals surface area (Å²) in [5, 5.41) is 4.51. The molecule has 100 valence electrons. The number of benzene rings is 1. The Morgan fingerprint density at radius 2 is 2.05 bits per heavy atom. The Balaban J connectivity index is 2.16. The molecule has 0 amide bonds. The highest BCUT2D eigenvalue weighted by Crippen LogP contribution is 2.46. The Bertz CT molecular complexity index is 614. The van der Waals surface area contributed by atoms with Crippen molar-refractivity contribution in [3.05, 3.63) is 35.8 Å². The molecule has 1 fully saturated rings. The Kier molecular flexibility index (Phi) is 2.81. The van der Waals surface area contributed by atoms with E-state index in [0.717, 1.165) is 11.3 Å². The number of halogens is 1. The van der Waals surface area contributed by atoms with Crippen molar-refractivity contribution in [3.63, 3.8) is 0 Å². The maximum absolute atomic E-state index is 14.0. The van der Waals surface area contributed by atoms with Crippen LogP contribution in [0.3, 0.4) is 0 Å². The minimum absolute atomic E-state index is 0.244. The van der Waals surface area contributed by atoms with Crippen LogP contribution in [0.15, 0.2) is 24.3 Å². The molecule has 19 heavy (non-hydrogen) atoms. The van der Waals surface area contributed by atoms with Gasteiger partial charge in [0.25, 0.3) is 0 Å². The lowest BCUT2D eigenvalue weighted by atomic mass is 9.94. The third-order valence-electron chi connectivity index (χ3n) is 4.02. The number of hydrogen-bond acceptors (Lipinski definition) is 2. The lowest BCUT2D eigenvalue weighted by molar-refractivity contribution is 0.618. The van der Waals surface area contributed by atoms with Crippen LogP contribution < -0.4 is 5.73 Å². The zero-order valence-electron chi connectivity index (χ0n) is 11.2. The van der Waals surface area contributed by atoms with Gasteiger partial charge in [0, 0.05) is 18.5 Å². The molecule has 0 aliphatic heterocycles. The number of aromatic nitrogens is 2. The first-order chi connectivity index (χ1) is 9.09. The van der Waals surface area contributed by atoms with E-state index < -0.39 is 0 Å². The fraction of sp³-hybridized carbons (Fsp3) is 0.400. The van der Waals surface area contributed by atoms with Gasteiger partial charge in [0.1, 0.15) is 11.6 Å². The van der Waals surface area contributed by atoms with Crippen LogP contribution >= 0.6 is 0 Å². The van der Waals surface area contributed by atoms with Crippen molar-refractivity contribution >= 4 is 5.82 Å². The highest BCUT2D eigenvalue weighted by Gasteiger charge is 2.33. The van der Waals surface area contributed by atoms with Gasteiger partial charge >= 0.3 is 0 Å². The van der Waals surface area contributed by atoms with Gasteiger partial charge in [0.05, 0.1) is 11.3 Å². The summed E-state index contributed by atoms with van der Waals surface area (Å²) >= 11 is 0. The summed E-state index contributed by atoms with van der Waals surface area (Å²) in [6.45, 7) is 2.16. The maximum Gasteiger partial charge on any atom is 0.131 e. The molecule has 1 aromatic carbocycles. The average Bonchev–Trinajstić information content (AvgIpc) is 3.19. The van der Waals surface area contributed by atoms with Crippen molar-refractivity contribution in [1.82, 2.24) is 9.78 Å². The van der Waals surface area contributed by atoms with Crippen LogP contribution in [0.2, 0.25) is 0 Å². The number of anilines is 1. The van der Waals surface area contributed by atoms with Crippen molar-refractivity contribution in [2.75, 3.05) is 5.73 Å². The number of rotatable bonds is 3. The molecule has 1 aromatic heterocycles. The maximum atomic E-state index is 14.0. The van der Waals surface area contributed by atoms with Crippen LogP contribution in [0.25, 0.3) is 11.1 Å². The van der Waals surface area contributed by atoms with E-state index in [2.05, 4.69) is 12.0 Å². The molecule has 0 radical (unpaired) electrons. The van der Waals surface area contributed by atoms with E-state index in [0.29, 0.717) is 23.2 Å². The van der Waals surface area contributed by atoms with Crippen LogP contribution in [0.4, 0.5) is 10.2 Å². The fourth-order valence-corrected chi connectivity index (χ4v) is 2.64. The summed E-state index contributed by atoms with van der Waals surface area (Å²) in [5.41, 5.74) is 8.34. The Hall–Kier alpha value is -1.84. The smallest absolute Gasteiger partial charge is 0.131 e. The van der Waals surface area contributed by atoms with Crippen molar-refractivity contribution < 1.29 is 4.39 Å². The van der Waals surface area contributed by atoms with E-state index in [-0.39, 0.29) is 5.82 Å². The second-order valence-electron chi connectivity index (χ2n) is 5.38. The van der Waals surface area contributed by atoms with Gasteiger partial charge in [-0.3, -0.25) is 4.68 Å². The van der Waals surface area contributed by atoms with E-state index in [1.54, 1.807) is 16.8 Å². The van der Waals surface area contributed by atoms with E-state index in [1.165, 1.54) is 18.9 Å². The summed E-state index contributed by atoms with van der Waals surface area (Å²) in [7, 11) is 1.81. The predicted molar refractivity (Wildman–Crippen MR) is 74.2 cm³/mol. The highest BCUT2D eigenvalue weighted by atomic mass is 19.1. The summed E-state index contributed by atoms with van der Waals surface area (Å²) in [6.07, 6.45) is 2.46. The zero-order valence-corrected chi connectivity index (χ0v) is 11.2. The second kappa shape index (κ2) is 4.37. The molecule has 4 heteroatoms. The quantitative estimate of drug-likeness (QED) is 0.918. The van der Waals surface area contributed by atoms with Crippen molar-refractivity contribution in [2.45, 2.75) is 25.7 Å². The summed E-state index contributed by atoms with van der Waals surface area (Å²) in [4.78, 5) is 0. The SMILES string of the molecule is CC(c1nn(C)c(N)c1-c1ccccc1F)C1CC1. The average molecular weight is 259 g/mol. The van der Waals surface area contributed by atoms with E-state index in [9.17, 15) is 4.39 Å². The lowest BCUT2D eigenvalue weighted by Crippen LogP contribution is -2.00. The molecule has 2 aromatic rings. The molecule has 2 N–H and O–H groups in total. The highest BCUT2D eigenvalue weighted by molar-refractivity contribution is 5.77. The number of hydrogen-bond donors (Lipinski definition) is 1. The molecule has 0 spiro atoms. The molecular weight excluding hydrogens is 241 g/mol. The zero-order chi connectivity index (χ0) is 13.6. The summed E-state index contributed by atoms with van der Waals surface area (Å²) < 4.78 is 15.7. The number of nitrogens with two attached hydrogens (primary N) is 1. The normalized spacial score (nSPS) is 16.6. The van der Waals surface area contributed by atoms with Gasteiger partial charge in [-0.25, -0.2) is 4.39 Å². The molecular formula is C15H18FN3. The first kappa shape index (κ1) is 12.2. The first-order valence-corrected chi connectivity index (χ1v) is 6.67. The predicted octanol–water partition coefficient (Wildman–Crippen LogP) is 3.32. The van der Waals surface area contributed by atoms with Crippen LogP contribution in [0.1, 0.15) is 31.4 Å². The number of nitrogen functional groups attached to an aromatic ring is 1. The second-order valence-corrected chi connectivity index (χ2v) is 5.38. The number of aryl methyl sites for hydroxylation is 1. The third kappa shape index (κ3) is 2.01. The monoisotopic (exact) mass is 259 g/mol. The standard InChI is InChI=1S/C15H18FN3/c1-9(10-7-8-10)14-13(15(17)19(2)18-14)11-5-3-4-6-12(11)16/h3-6,9-10H,7-8,17H2,1-2H3. The minimum Gasteiger partial charge on any atom is -0.383 e. The van der Waals surface area contributed by atoms with Crippen LogP contribution in [0, 0.1) is 11.7 Å². The largest absolute Gasteiger partial charge is 0.383 e. The van der Waals surface area contributed by atoms with Crippen molar-refractivity contribution in [2.24, 2.45) is 13.0 Å². The molecule has 3 rings (SSSR count). The van der Waals surface area contributed by atoms with Gasteiger partial charge in [0.15, 0.2) is 0 Å².